The van der Waals surface area contributed by atoms with Crippen LogP contribution in [0.4, 0.5) is 17.5 Å². The van der Waals surface area contributed by atoms with Crippen molar-refractivity contribution < 1.29 is 4.74 Å². The number of hydrogen-bond acceptors (Lipinski definition) is 9. The molecule has 4 rings (SSSR count). The van der Waals surface area contributed by atoms with E-state index >= 15 is 0 Å². The number of nitrogens with zero attached hydrogens (tertiary/aromatic N) is 4. The van der Waals surface area contributed by atoms with Gasteiger partial charge < -0.3 is 26.8 Å². The fourth-order valence-electron chi connectivity index (χ4n) is 4.04. The minimum Gasteiger partial charge on any atom is -0.382 e. The second-order valence-corrected chi connectivity index (χ2v) is 8.86. The molecule has 0 bridgehead atoms. The van der Waals surface area contributed by atoms with Crippen LogP contribution in [0.2, 0.25) is 5.02 Å². The zero-order valence-electron chi connectivity index (χ0n) is 15.6. The van der Waals surface area contributed by atoms with Crippen LogP contribution in [0.15, 0.2) is 28.4 Å². The largest absolute Gasteiger partial charge is 0.382 e. The normalized spacial score (nSPS) is 24.0. The highest BCUT2D eigenvalue weighted by atomic mass is 35.5. The SMILES string of the molecule is C[C@H]1CC2(CCN(c3cnc(Sc4ccnc(N)c4Cl)c(N)n3)CC2)C(N)O1. The van der Waals surface area contributed by atoms with Crippen molar-refractivity contribution in [3.63, 3.8) is 0 Å². The first kappa shape index (κ1) is 19.5. The van der Waals surface area contributed by atoms with Crippen LogP contribution in [0.25, 0.3) is 0 Å². The third kappa shape index (κ3) is 3.59. The number of anilines is 3. The molecule has 2 aromatic heterocycles. The first-order valence-corrected chi connectivity index (χ1v) is 10.4. The molecule has 0 amide bonds. The lowest BCUT2D eigenvalue weighted by molar-refractivity contribution is 0.0140. The van der Waals surface area contributed by atoms with Crippen molar-refractivity contribution in [1.29, 1.82) is 0 Å². The Bertz CT molecular complexity index is 875. The van der Waals surface area contributed by atoms with E-state index in [9.17, 15) is 0 Å². The van der Waals surface area contributed by atoms with Gasteiger partial charge in [-0.25, -0.2) is 15.0 Å². The maximum atomic E-state index is 6.24. The molecule has 10 heteroatoms. The molecule has 2 saturated heterocycles. The van der Waals surface area contributed by atoms with Crippen LogP contribution in [-0.4, -0.2) is 40.4 Å². The fraction of sp³-hybridized carbons (Fsp3) is 0.500. The van der Waals surface area contributed by atoms with Crippen molar-refractivity contribution in [2.45, 2.75) is 48.4 Å². The average Bonchev–Trinajstić information content (AvgIpc) is 2.94. The highest BCUT2D eigenvalue weighted by molar-refractivity contribution is 7.99. The number of hydrogen-bond donors (Lipinski definition) is 3. The Balaban J connectivity index is 1.46. The third-order valence-corrected chi connectivity index (χ3v) is 7.18. The van der Waals surface area contributed by atoms with Crippen molar-refractivity contribution in [3.8, 4) is 0 Å². The van der Waals surface area contributed by atoms with E-state index in [0.29, 0.717) is 15.9 Å². The summed E-state index contributed by atoms with van der Waals surface area (Å²) in [5.41, 5.74) is 18.2. The van der Waals surface area contributed by atoms with E-state index < -0.39 is 0 Å². The Labute approximate surface area is 173 Å². The molecule has 1 unspecified atom stereocenters. The van der Waals surface area contributed by atoms with Gasteiger partial charge in [0.25, 0.3) is 0 Å². The number of pyridine rings is 1. The van der Waals surface area contributed by atoms with Gasteiger partial charge in [-0.05, 0) is 32.3 Å². The Morgan fingerprint density at radius 3 is 2.64 bits per heavy atom. The summed E-state index contributed by atoms with van der Waals surface area (Å²) in [4.78, 5) is 16.0. The number of piperidine rings is 1. The van der Waals surface area contributed by atoms with Gasteiger partial charge in [-0.15, -0.1) is 0 Å². The highest BCUT2D eigenvalue weighted by Crippen LogP contribution is 2.45. The number of ether oxygens (including phenoxy) is 1. The minimum atomic E-state index is -0.183. The standard InChI is InChI=1S/C18H24ClN7OS/c1-10-8-18(17(22)27-10)3-6-26(7-4-18)12-9-24-16(15(21)25-12)28-11-2-5-23-14(20)13(11)19/h2,5,9-10,17H,3-4,6-8,22H2,1H3,(H2,20,23)(H2,21,25)/t10-,17?/m0/s1. The lowest BCUT2D eigenvalue weighted by Crippen LogP contribution is -2.47. The molecule has 0 radical (unpaired) electrons. The Morgan fingerprint density at radius 2 is 2.00 bits per heavy atom. The van der Waals surface area contributed by atoms with Crippen LogP contribution >= 0.6 is 23.4 Å². The molecule has 8 nitrogen and oxygen atoms in total. The maximum absolute atomic E-state index is 6.24. The summed E-state index contributed by atoms with van der Waals surface area (Å²) < 4.78 is 5.79. The maximum Gasteiger partial charge on any atom is 0.158 e. The van der Waals surface area contributed by atoms with Crippen LogP contribution in [-0.2, 0) is 4.74 Å². The van der Waals surface area contributed by atoms with E-state index in [1.54, 1.807) is 18.5 Å². The number of nitrogen functional groups attached to an aromatic ring is 2. The minimum absolute atomic E-state index is 0.0721. The Hall–Kier alpha value is -1.81. The van der Waals surface area contributed by atoms with Crippen molar-refractivity contribution in [2.24, 2.45) is 11.1 Å². The number of rotatable bonds is 3. The Kier molecular flexibility index (Phi) is 5.26. The predicted molar refractivity (Wildman–Crippen MR) is 111 cm³/mol. The van der Waals surface area contributed by atoms with Gasteiger partial charge in [-0.1, -0.05) is 23.4 Å². The molecule has 0 aromatic carbocycles. The van der Waals surface area contributed by atoms with E-state index in [0.717, 1.165) is 43.1 Å². The molecule has 2 atom stereocenters. The van der Waals surface area contributed by atoms with E-state index in [1.807, 2.05) is 0 Å². The second kappa shape index (κ2) is 7.55. The number of aromatic nitrogens is 3. The second-order valence-electron chi connectivity index (χ2n) is 7.45. The van der Waals surface area contributed by atoms with Gasteiger partial charge in [-0.2, -0.15) is 0 Å². The topological polar surface area (TPSA) is 129 Å². The van der Waals surface area contributed by atoms with Gasteiger partial charge in [0.05, 0.1) is 17.3 Å². The van der Waals surface area contributed by atoms with Gasteiger partial charge in [0, 0.05) is 29.6 Å². The van der Waals surface area contributed by atoms with Crippen molar-refractivity contribution >= 4 is 40.8 Å². The van der Waals surface area contributed by atoms with Crippen LogP contribution in [0.5, 0.6) is 0 Å². The zero-order valence-corrected chi connectivity index (χ0v) is 17.2. The molecule has 2 aliphatic rings. The lowest BCUT2D eigenvalue weighted by atomic mass is 9.75. The highest BCUT2D eigenvalue weighted by Gasteiger charge is 2.47. The summed E-state index contributed by atoms with van der Waals surface area (Å²) in [5, 5.41) is 0.980. The number of nitrogens with two attached hydrogens (primary N) is 3. The molecule has 4 heterocycles. The molecular formula is C18H24ClN7OS. The average molecular weight is 422 g/mol. The molecule has 0 aliphatic carbocycles. The van der Waals surface area contributed by atoms with E-state index in [-0.39, 0.29) is 23.6 Å². The monoisotopic (exact) mass is 421 g/mol. The molecular weight excluding hydrogens is 398 g/mol. The van der Waals surface area contributed by atoms with Gasteiger partial charge in [0.15, 0.2) is 5.82 Å². The molecule has 2 aliphatic heterocycles. The van der Waals surface area contributed by atoms with Crippen LogP contribution in [0.3, 0.4) is 0 Å². The molecule has 150 valence electrons. The van der Waals surface area contributed by atoms with Gasteiger partial charge in [-0.3, -0.25) is 0 Å². The van der Waals surface area contributed by atoms with Gasteiger partial charge >= 0.3 is 0 Å². The first-order valence-electron chi connectivity index (χ1n) is 9.24. The van der Waals surface area contributed by atoms with Crippen molar-refractivity contribution in [3.05, 3.63) is 23.5 Å². The summed E-state index contributed by atoms with van der Waals surface area (Å²) in [6.45, 7) is 3.81. The summed E-state index contributed by atoms with van der Waals surface area (Å²) in [6.07, 6.45) is 6.36. The number of halogens is 1. The van der Waals surface area contributed by atoms with E-state index in [4.69, 9.17) is 33.5 Å². The summed E-state index contributed by atoms with van der Waals surface area (Å²) in [5.74, 6) is 1.42. The molecule has 2 fully saturated rings. The van der Waals surface area contributed by atoms with Crippen LogP contribution in [0, 0.1) is 5.41 Å². The molecule has 2 aromatic rings. The molecule has 1 spiro atoms. The molecule has 0 saturated carbocycles. The molecule has 6 N–H and O–H groups in total. The smallest absolute Gasteiger partial charge is 0.158 e. The summed E-state index contributed by atoms with van der Waals surface area (Å²) in [6, 6.07) is 1.77. The van der Waals surface area contributed by atoms with Crippen LogP contribution in [0.1, 0.15) is 26.2 Å². The fourth-order valence-corrected chi connectivity index (χ4v) is 5.05. The quantitative estimate of drug-likeness (QED) is 0.684. The Morgan fingerprint density at radius 1 is 1.25 bits per heavy atom. The van der Waals surface area contributed by atoms with Crippen molar-refractivity contribution in [1.82, 2.24) is 15.0 Å². The van der Waals surface area contributed by atoms with Crippen LogP contribution < -0.4 is 22.1 Å². The van der Waals surface area contributed by atoms with Gasteiger partial charge in [0.2, 0.25) is 0 Å². The first-order chi connectivity index (χ1) is 13.4. The predicted octanol–water partition coefficient (Wildman–Crippen LogP) is 2.52. The van der Waals surface area contributed by atoms with Crippen molar-refractivity contribution in [2.75, 3.05) is 29.5 Å². The zero-order chi connectivity index (χ0) is 19.9. The van der Waals surface area contributed by atoms with E-state index in [2.05, 4.69) is 26.8 Å². The lowest BCUT2D eigenvalue weighted by Gasteiger charge is -2.41. The summed E-state index contributed by atoms with van der Waals surface area (Å²) >= 11 is 7.53. The summed E-state index contributed by atoms with van der Waals surface area (Å²) in [7, 11) is 0. The van der Waals surface area contributed by atoms with E-state index in [1.165, 1.54) is 11.8 Å². The molecule has 28 heavy (non-hydrogen) atoms. The van der Waals surface area contributed by atoms with Gasteiger partial charge in [0.1, 0.15) is 22.9 Å². The third-order valence-electron chi connectivity index (χ3n) is 5.60.